The van der Waals surface area contributed by atoms with E-state index in [0.717, 1.165) is 12.1 Å². The molecule has 1 aliphatic heterocycles. The Hall–Kier alpha value is -3.39. The van der Waals surface area contributed by atoms with Gasteiger partial charge in [0.2, 0.25) is 5.91 Å². The van der Waals surface area contributed by atoms with Crippen LogP contribution >= 0.6 is 11.3 Å². The van der Waals surface area contributed by atoms with Crippen LogP contribution in [0.5, 0.6) is 11.5 Å². The number of carbonyl (C=O) groups excluding carboxylic acids is 2. The predicted molar refractivity (Wildman–Crippen MR) is 117 cm³/mol. The maximum Gasteiger partial charge on any atom is 0.338 e. The fraction of sp³-hybridized carbons (Fsp3) is 0.261. The molecule has 0 saturated carbocycles. The number of esters is 1. The molecule has 4 rings (SSSR count). The summed E-state index contributed by atoms with van der Waals surface area (Å²) in [4.78, 5) is 30.7. The van der Waals surface area contributed by atoms with Crippen LogP contribution in [-0.2, 0) is 22.6 Å². The van der Waals surface area contributed by atoms with Gasteiger partial charge < -0.3 is 14.2 Å². The molecule has 0 radical (unpaired) electrons. The summed E-state index contributed by atoms with van der Waals surface area (Å²) in [5.41, 5.74) is 2.89. The van der Waals surface area contributed by atoms with Crippen LogP contribution < -0.4 is 14.4 Å². The van der Waals surface area contributed by atoms with Crippen molar-refractivity contribution in [3.63, 3.8) is 0 Å². The monoisotopic (exact) mass is 438 g/mol. The summed E-state index contributed by atoms with van der Waals surface area (Å²) in [6.07, 6.45) is 0.927. The number of aryl methyl sites for hydroxylation is 1. The number of ether oxygens (including phenoxy) is 3. The molecule has 0 unspecified atom stereocenters. The van der Waals surface area contributed by atoms with E-state index < -0.39 is 5.97 Å². The second-order valence-electron chi connectivity index (χ2n) is 6.93. The van der Waals surface area contributed by atoms with Crippen molar-refractivity contribution in [2.24, 2.45) is 0 Å². The van der Waals surface area contributed by atoms with E-state index in [1.54, 1.807) is 28.5 Å². The number of anilines is 2. The van der Waals surface area contributed by atoms with Crippen molar-refractivity contribution in [3.05, 3.63) is 64.7 Å². The molecule has 0 spiro atoms. The molecule has 0 bridgehead atoms. The number of amides is 1. The van der Waals surface area contributed by atoms with Gasteiger partial charge in [0.25, 0.3) is 0 Å². The smallest absolute Gasteiger partial charge is 0.338 e. The number of hydrogen-bond acceptors (Lipinski definition) is 7. The van der Waals surface area contributed by atoms with Crippen molar-refractivity contribution >= 4 is 34.0 Å². The van der Waals surface area contributed by atoms with Gasteiger partial charge in [-0.1, -0.05) is 19.1 Å². The summed E-state index contributed by atoms with van der Waals surface area (Å²) in [6, 6.07) is 12.7. The summed E-state index contributed by atoms with van der Waals surface area (Å²) in [5.74, 6) is 0.523. The van der Waals surface area contributed by atoms with E-state index in [9.17, 15) is 9.59 Å². The summed E-state index contributed by atoms with van der Waals surface area (Å²) < 4.78 is 16.4. The summed E-state index contributed by atoms with van der Waals surface area (Å²) in [5, 5.41) is 2.31. The highest BCUT2D eigenvalue weighted by atomic mass is 32.1. The average molecular weight is 439 g/mol. The Morgan fingerprint density at radius 1 is 1.10 bits per heavy atom. The molecule has 0 aliphatic carbocycles. The van der Waals surface area contributed by atoms with Gasteiger partial charge in [-0.3, -0.25) is 9.69 Å². The van der Waals surface area contributed by atoms with Crippen LogP contribution in [0.4, 0.5) is 10.8 Å². The highest BCUT2D eigenvalue weighted by Crippen LogP contribution is 2.32. The molecule has 2 heterocycles. The zero-order valence-corrected chi connectivity index (χ0v) is 18.1. The molecule has 1 aliphatic rings. The SMILES string of the molecule is CCc1ccc(N(C(C)=O)c2nc(COC(=O)c3ccc4c(c3)OCCO4)cs2)cc1. The third kappa shape index (κ3) is 4.69. The lowest BCUT2D eigenvalue weighted by Gasteiger charge is -2.18. The lowest BCUT2D eigenvalue weighted by atomic mass is 10.1. The van der Waals surface area contributed by atoms with Gasteiger partial charge in [-0.2, -0.15) is 0 Å². The standard InChI is InChI=1S/C23H22N2O5S/c1-3-16-4-7-19(8-5-16)25(15(2)26)23-24-18(14-31-23)13-30-22(27)17-6-9-20-21(12-17)29-11-10-28-20/h4-9,12,14H,3,10-11,13H2,1-2H3. The Bertz CT molecular complexity index is 1090. The molecule has 0 saturated heterocycles. The van der Waals surface area contributed by atoms with E-state index in [0.29, 0.717) is 41.1 Å². The Morgan fingerprint density at radius 3 is 2.55 bits per heavy atom. The van der Waals surface area contributed by atoms with Crippen molar-refractivity contribution in [1.29, 1.82) is 0 Å². The second kappa shape index (κ2) is 9.18. The molecule has 2 aromatic carbocycles. The third-order valence-corrected chi connectivity index (χ3v) is 5.65. The number of aromatic nitrogens is 1. The molecular weight excluding hydrogens is 416 g/mol. The van der Waals surface area contributed by atoms with Crippen molar-refractivity contribution < 1.29 is 23.8 Å². The summed E-state index contributed by atoms with van der Waals surface area (Å²) in [6.45, 7) is 4.52. The zero-order chi connectivity index (χ0) is 21.8. The Kier molecular flexibility index (Phi) is 6.18. The van der Waals surface area contributed by atoms with Crippen molar-refractivity contribution in [3.8, 4) is 11.5 Å². The van der Waals surface area contributed by atoms with Gasteiger partial charge in [-0.15, -0.1) is 11.3 Å². The summed E-state index contributed by atoms with van der Waals surface area (Å²) in [7, 11) is 0. The van der Waals surface area contributed by atoms with E-state index in [1.807, 2.05) is 24.3 Å². The van der Waals surface area contributed by atoms with Crippen LogP contribution in [0.25, 0.3) is 0 Å². The topological polar surface area (TPSA) is 78.0 Å². The van der Waals surface area contributed by atoms with E-state index in [-0.39, 0.29) is 12.5 Å². The van der Waals surface area contributed by atoms with Crippen LogP contribution in [0.3, 0.4) is 0 Å². The van der Waals surface area contributed by atoms with Crippen LogP contribution in [0.15, 0.2) is 47.8 Å². The maximum absolute atomic E-state index is 12.4. The van der Waals surface area contributed by atoms with Crippen LogP contribution in [0, 0.1) is 0 Å². The number of thiazole rings is 1. The lowest BCUT2D eigenvalue weighted by molar-refractivity contribution is -0.115. The van der Waals surface area contributed by atoms with Gasteiger partial charge >= 0.3 is 5.97 Å². The quantitative estimate of drug-likeness (QED) is 0.527. The average Bonchev–Trinajstić information content (AvgIpc) is 3.25. The number of nitrogens with zero attached hydrogens (tertiary/aromatic N) is 2. The highest BCUT2D eigenvalue weighted by molar-refractivity contribution is 7.14. The molecule has 8 heteroatoms. The van der Waals surface area contributed by atoms with E-state index >= 15 is 0 Å². The van der Waals surface area contributed by atoms with Gasteiger partial charge in [0.05, 0.1) is 16.9 Å². The zero-order valence-electron chi connectivity index (χ0n) is 17.3. The fourth-order valence-electron chi connectivity index (χ4n) is 3.17. The normalized spacial score (nSPS) is 12.3. The minimum atomic E-state index is -0.481. The van der Waals surface area contributed by atoms with Crippen molar-refractivity contribution in [2.45, 2.75) is 26.9 Å². The Balaban J connectivity index is 1.44. The molecule has 1 aromatic heterocycles. The molecule has 3 aromatic rings. The van der Waals surface area contributed by atoms with E-state index in [4.69, 9.17) is 14.2 Å². The molecule has 0 fully saturated rings. The van der Waals surface area contributed by atoms with Gasteiger partial charge in [0.1, 0.15) is 19.8 Å². The molecule has 31 heavy (non-hydrogen) atoms. The van der Waals surface area contributed by atoms with Crippen molar-refractivity contribution in [1.82, 2.24) is 4.98 Å². The Morgan fingerprint density at radius 2 is 1.84 bits per heavy atom. The lowest BCUT2D eigenvalue weighted by Crippen LogP contribution is -2.22. The number of hydrogen-bond donors (Lipinski definition) is 0. The minimum Gasteiger partial charge on any atom is -0.486 e. The van der Waals surface area contributed by atoms with E-state index in [2.05, 4.69) is 11.9 Å². The van der Waals surface area contributed by atoms with Crippen LogP contribution in [0.1, 0.15) is 35.5 Å². The first-order valence-electron chi connectivity index (χ1n) is 9.96. The van der Waals surface area contributed by atoms with E-state index in [1.165, 1.54) is 23.8 Å². The number of rotatable bonds is 6. The number of carbonyl (C=O) groups is 2. The molecule has 0 atom stereocenters. The van der Waals surface area contributed by atoms with Crippen molar-refractivity contribution in [2.75, 3.05) is 18.1 Å². The number of fused-ring (bicyclic) bond motifs is 1. The molecule has 1 amide bonds. The fourth-order valence-corrected chi connectivity index (χ4v) is 4.04. The predicted octanol–water partition coefficient (Wildman–Crippen LogP) is 4.52. The van der Waals surface area contributed by atoms with Crippen LogP contribution in [0.2, 0.25) is 0 Å². The van der Waals surface area contributed by atoms with Gasteiger partial charge in [-0.05, 0) is 42.3 Å². The Labute approximate surface area is 184 Å². The second-order valence-corrected chi connectivity index (χ2v) is 7.77. The molecular formula is C23H22N2O5S. The summed E-state index contributed by atoms with van der Waals surface area (Å²) >= 11 is 1.32. The first kappa shape index (κ1) is 20.9. The first-order chi connectivity index (χ1) is 15.0. The van der Waals surface area contributed by atoms with Gasteiger partial charge in [-0.25, -0.2) is 9.78 Å². The molecule has 160 valence electrons. The highest BCUT2D eigenvalue weighted by Gasteiger charge is 2.19. The van der Waals surface area contributed by atoms with Crippen LogP contribution in [-0.4, -0.2) is 30.1 Å². The molecule has 0 N–H and O–H groups in total. The third-order valence-electron chi connectivity index (χ3n) is 4.78. The number of benzene rings is 2. The van der Waals surface area contributed by atoms with Gasteiger partial charge in [0.15, 0.2) is 16.6 Å². The molecule has 7 nitrogen and oxygen atoms in total. The largest absolute Gasteiger partial charge is 0.486 e. The first-order valence-corrected chi connectivity index (χ1v) is 10.8. The minimum absolute atomic E-state index is 0.00426. The maximum atomic E-state index is 12.4. The van der Waals surface area contributed by atoms with Gasteiger partial charge in [0, 0.05) is 12.3 Å².